The van der Waals surface area contributed by atoms with Gasteiger partial charge < -0.3 is 20.5 Å². The second kappa shape index (κ2) is 9.34. The van der Waals surface area contributed by atoms with Crippen LogP contribution in [0.25, 0.3) is 11.1 Å². The van der Waals surface area contributed by atoms with E-state index in [1.54, 1.807) is 19.1 Å². The SMILES string of the molecule is COc1ncc(-c2cc(NC(=O)c3cc(C(F)(F)F)cc(C(C)(C)N)n3)cnc2C)cc1C1(F)COC1. The summed E-state index contributed by atoms with van der Waals surface area (Å²) in [4.78, 5) is 25.4. The summed E-state index contributed by atoms with van der Waals surface area (Å²) in [5, 5.41) is 2.53. The zero-order valence-corrected chi connectivity index (χ0v) is 20.5. The maximum Gasteiger partial charge on any atom is 0.416 e. The average Bonchev–Trinajstić information content (AvgIpc) is 2.82. The van der Waals surface area contributed by atoms with Gasteiger partial charge in [0.05, 0.1) is 54.6 Å². The minimum absolute atomic E-state index is 0.0906. The van der Waals surface area contributed by atoms with Gasteiger partial charge in [0.1, 0.15) is 5.69 Å². The quantitative estimate of drug-likeness (QED) is 0.461. The number of carbonyl (C=O) groups is 1. The molecule has 1 fully saturated rings. The number of nitrogens with zero attached hydrogens (tertiary/aromatic N) is 3. The summed E-state index contributed by atoms with van der Waals surface area (Å²) in [6.07, 6.45) is -1.87. The van der Waals surface area contributed by atoms with Crippen LogP contribution >= 0.6 is 0 Å². The van der Waals surface area contributed by atoms with Gasteiger partial charge in [0.25, 0.3) is 5.91 Å². The topological polar surface area (TPSA) is 112 Å². The van der Waals surface area contributed by atoms with E-state index in [1.165, 1.54) is 33.4 Å². The third-order valence-electron chi connectivity index (χ3n) is 5.89. The highest BCUT2D eigenvalue weighted by Gasteiger charge is 2.43. The molecule has 0 unspecified atom stereocenters. The molecule has 4 heterocycles. The number of aryl methyl sites for hydroxylation is 1. The Morgan fingerprint density at radius 3 is 2.41 bits per heavy atom. The predicted octanol–water partition coefficient (Wildman–Crippen LogP) is 4.52. The zero-order valence-electron chi connectivity index (χ0n) is 20.5. The lowest BCUT2D eigenvalue weighted by Crippen LogP contribution is -2.43. The molecule has 0 saturated carbocycles. The number of hydrogen-bond acceptors (Lipinski definition) is 7. The van der Waals surface area contributed by atoms with Gasteiger partial charge in [-0.15, -0.1) is 0 Å². The fourth-order valence-corrected chi connectivity index (χ4v) is 3.75. The standard InChI is InChI=1S/C25H25F4N5O3/c1-13-17(14-5-18(22(36-4)32-9-14)24(26)11-37-12-24)8-16(10-31-13)33-21(35)19-6-15(25(27,28)29)7-20(34-19)23(2,3)30/h5-10H,11-12,30H2,1-4H3,(H,33,35). The number of amides is 1. The van der Waals surface area contributed by atoms with E-state index in [4.69, 9.17) is 15.2 Å². The largest absolute Gasteiger partial charge is 0.481 e. The van der Waals surface area contributed by atoms with Crippen LogP contribution in [0.5, 0.6) is 5.88 Å². The van der Waals surface area contributed by atoms with Crippen LogP contribution in [0.4, 0.5) is 23.2 Å². The third-order valence-corrected chi connectivity index (χ3v) is 5.89. The van der Waals surface area contributed by atoms with E-state index >= 15 is 4.39 Å². The number of aromatic nitrogens is 3. The summed E-state index contributed by atoms with van der Waals surface area (Å²) < 4.78 is 65.7. The highest BCUT2D eigenvalue weighted by molar-refractivity contribution is 6.03. The van der Waals surface area contributed by atoms with E-state index in [0.717, 1.165) is 6.07 Å². The van der Waals surface area contributed by atoms with Crippen molar-refractivity contribution in [3.05, 3.63) is 64.9 Å². The van der Waals surface area contributed by atoms with Crippen LogP contribution in [0.3, 0.4) is 0 Å². The third kappa shape index (κ3) is 5.39. The first-order valence-corrected chi connectivity index (χ1v) is 11.2. The van der Waals surface area contributed by atoms with E-state index in [9.17, 15) is 18.0 Å². The molecule has 0 aliphatic carbocycles. The highest BCUT2D eigenvalue weighted by atomic mass is 19.4. The van der Waals surface area contributed by atoms with Crippen molar-refractivity contribution in [1.29, 1.82) is 0 Å². The van der Waals surface area contributed by atoms with Crippen LogP contribution in [0, 0.1) is 6.92 Å². The Balaban J connectivity index is 1.69. The van der Waals surface area contributed by atoms with Crippen LogP contribution in [-0.4, -0.2) is 41.2 Å². The molecule has 1 aliphatic heterocycles. The van der Waals surface area contributed by atoms with Gasteiger partial charge in [-0.3, -0.25) is 9.78 Å². The van der Waals surface area contributed by atoms with Crippen molar-refractivity contribution in [2.75, 3.05) is 25.6 Å². The Morgan fingerprint density at radius 2 is 1.84 bits per heavy atom. The van der Waals surface area contributed by atoms with Crippen molar-refractivity contribution in [3.63, 3.8) is 0 Å². The van der Waals surface area contributed by atoms with Gasteiger partial charge in [-0.25, -0.2) is 14.4 Å². The lowest BCUT2D eigenvalue weighted by Gasteiger charge is -2.34. The molecule has 4 rings (SSSR count). The highest BCUT2D eigenvalue weighted by Crippen LogP contribution is 2.40. The minimum atomic E-state index is -4.70. The normalized spacial score (nSPS) is 15.2. The van der Waals surface area contributed by atoms with Crippen molar-refractivity contribution in [2.24, 2.45) is 5.73 Å². The van der Waals surface area contributed by atoms with Crippen LogP contribution in [0.2, 0.25) is 0 Å². The Kier molecular flexibility index (Phi) is 6.67. The first-order chi connectivity index (χ1) is 17.2. The van der Waals surface area contributed by atoms with Crippen molar-refractivity contribution in [1.82, 2.24) is 15.0 Å². The lowest BCUT2D eigenvalue weighted by atomic mass is 9.92. The number of nitrogens with one attached hydrogen (secondary N) is 1. The van der Waals surface area contributed by atoms with Gasteiger partial charge in [0.15, 0.2) is 5.67 Å². The fraction of sp³-hybridized carbons (Fsp3) is 0.360. The Bertz CT molecular complexity index is 1320. The number of pyridine rings is 3. The summed E-state index contributed by atoms with van der Waals surface area (Å²) in [6, 6.07) is 4.63. The molecule has 0 spiro atoms. The number of anilines is 1. The molecule has 8 nitrogen and oxygen atoms in total. The molecular formula is C25H25F4N5O3. The molecule has 1 amide bonds. The first kappa shape index (κ1) is 26.4. The minimum Gasteiger partial charge on any atom is -0.481 e. The molecule has 0 atom stereocenters. The number of ether oxygens (including phenoxy) is 2. The Hall–Kier alpha value is -3.64. The van der Waals surface area contributed by atoms with Crippen molar-refractivity contribution in [3.8, 4) is 17.0 Å². The molecule has 0 aromatic carbocycles. The van der Waals surface area contributed by atoms with Gasteiger partial charge in [0.2, 0.25) is 5.88 Å². The summed E-state index contributed by atoms with van der Waals surface area (Å²) >= 11 is 0. The summed E-state index contributed by atoms with van der Waals surface area (Å²) in [5.74, 6) is -0.755. The zero-order chi connectivity index (χ0) is 27.2. The van der Waals surface area contributed by atoms with Crippen molar-refractivity contribution >= 4 is 11.6 Å². The maximum absolute atomic E-state index is 15.1. The molecule has 3 aromatic rings. The van der Waals surface area contributed by atoms with Gasteiger partial charge in [-0.05, 0) is 45.0 Å². The molecule has 0 radical (unpaired) electrons. The number of alkyl halides is 4. The van der Waals surface area contributed by atoms with Crippen LogP contribution in [-0.2, 0) is 22.1 Å². The smallest absolute Gasteiger partial charge is 0.416 e. The van der Waals surface area contributed by atoms with Gasteiger partial charge in [-0.1, -0.05) is 0 Å². The van der Waals surface area contributed by atoms with Gasteiger partial charge >= 0.3 is 6.18 Å². The van der Waals surface area contributed by atoms with Gasteiger partial charge in [-0.2, -0.15) is 13.2 Å². The summed E-state index contributed by atoms with van der Waals surface area (Å²) in [7, 11) is 1.39. The number of methoxy groups -OCH3 is 1. The van der Waals surface area contributed by atoms with E-state index in [0.29, 0.717) is 22.9 Å². The fourth-order valence-electron chi connectivity index (χ4n) is 3.75. The van der Waals surface area contributed by atoms with Crippen LogP contribution < -0.4 is 15.8 Å². The maximum atomic E-state index is 15.1. The van der Waals surface area contributed by atoms with Crippen molar-refractivity contribution in [2.45, 2.75) is 38.2 Å². The number of hydrogen-bond donors (Lipinski definition) is 2. The second-order valence-electron chi connectivity index (χ2n) is 9.40. The Morgan fingerprint density at radius 1 is 1.14 bits per heavy atom. The lowest BCUT2D eigenvalue weighted by molar-refractivity contribution is -0.137. The second-order valence-corrected chi connectivity index (χ2v) is 9.40. The molecular weight excluding hydrogens is 494 g/mol. The summed E-state index contributed by atoms with van der Waals surface area (Å²) in [6.45, 7) is 4.43. The number of nitrogens with two attached hydrogens (primary N) is 1. The number of halogens is 4. The Labute approximate surface area is 210 Å². The van der Waals surface area contributed by atoms with E-state index in [-0.39, 0.29) is 36.0 Å². The molecule has 0 bridgehead atoms. The molecule has 3 N–H and O–H groups in total. The van der Waals surface area contributed by atoms with E-state index < -0.39 is 34.5 Å². The van der Waals surface area contributed by atoms with Crippen LogP contribution in [0.1, 0.15) is 46.9 Å². The van der Waals surface area contributed by atoms with E-state index in [1.807, 2.05) is 0 Å². The van der Waals surface area contributed by atoms with Gasteiger partial charge in [0, 0.05) is 23.0 Å². The molecule has 1 saturated heterocycles. The molecule has 12 heteroatoms. The predicted molar refractivity (Wildman–Crippen MR) is 127 cm³/mol. The molecule has 37 heavy (non-hydrogen) atoms. The summed E-state index contributed by atoms with van der Waals surface area (Å²) in [5.41, 5.74) is 3.40. The average molecular weight is 519 g/mol. The van der Waals surface area contributed by atoms with E-state index in [2.05, 4.69) is 20.3 Å². The molecule has 196 valence electrons. The first-order valence-electron chi connectivity index (χ1n) is 11.2. The monoisotopic (exact) mass is 519 g/mol. The molecule has 3 aromatic heterocycles. The number of rotatable bonds is 6. The van der Waals surface area contributed by atoms with Crippen molar-refractivity contribution < 1.29 is 31.8 Å². The molecule has 1 aliphatic rings. The van der Waals surface area contributed by atoms with Crippen LogP contribution in [0.15, 0.2) is 36.7 Å². The number of carbonyl (C=O) groups excluding carboxylic acids is 1.